The van der Waals surface area contributed by atoms with Crippen LogP contribution in [0.15, 0.2) is 60.7 Å². The first-order valence-corrected chi connectivity index (χ1v) is 7.85. The van der Waals surface area contributed by atoms with Gasteiger partial charge in [0.15, 0.2) is 0 Å². The standard InChI is InChI=1S/C19H22N2O2/c1-2-21(14-13-16-9-5-3-6-10-16)18(22)15-20-19(23)17-11-7-4-8-12-17/h3-12H,2,13-15H2,1H3,(H,20,23). The van der Waals surface area contributed by atoms with Crippen LogP contribution in [0.2, 0.25) is 0 Å². The lowest BCUT2D eigenvalue weighted by molar-refractivity contribution is -0.129. The van der Waals surface area contributed by atoms with E-state index < -0.39 is 0 Å². The van der Waals surface area contributed by atoms with Gasteiger partial charge in [0.05, 0.1) is 6.54 Å². The van der Waals surface area contributed by atoms with Gasteiger partial charge in [-0.3, -0.25) is 9.59 Å². The van der Waals surface area contributed by atoms with Crippen molar-refractivity contribution in [2.24, 2.45) is 0 Å². The predicted molar refractivity (Wildman–Crippen MR) is 91.2 cm³/mol. The molecule has 0 heterocycles. The fraction of sp³-hybridized carbons (Fsp3) is 0.263. The normalized spacial score (nSPS) is 10.1. The Morgan fingerprint density at radius 3 is 2.17 bits per heavy atom. The van der Waals surface area contributed by atoms with Crippen molar-refractivity contribution in [3.8, 4) is 0 Å². The van der Waals surface area contributed by atoms with Gasteiger partial charge in [0.2, 0.25) is 5.91 Å². The molecule has 2 aromatic rings. The first-order chi connectivity index (χ1) is 11.2. The molecule has 0 aromatic heterocycles. The zero-order valence-corrected chi connectivity index (χ0v) is 13.4. The largest absolute Gasteiger partial charge is 0.343 e. The van der Waals surface area contributed by atoms with E-state index in [2.05, 4.69) is 17.4 Å². The topological polar surface area (TPSA) is 49.4 Å². The van der Waals surface area contributed by atoms with Crippen molar-refractivity contribution in [3.63, 3.8) is 0 Å². The second kappa shape index (κ2) is 8.73. The lowest BCUT2D eigenvalue weighted by atomic mass is 10.1. The third-order valence-corrected chi connectivity index (χ3v) is 3.68. The number of nitrogens with zero attached hydrogens (tertiary/aromatic N) is 1. The summed E-state index contributed by atoms with van der Waals surface area (Å²) in [5.74, 6) is -0.286. The van der Waals surface area contributed by atoms with E-state index in [-0.39, 0.29) is 18.4 Å². The van der Waals surface area contributed by atoms with Crippen molar-refractivity contribution in [2.75, 3.05) is 19.6 Å². The zero-order chi connectivity index (χ0) is 16.5. The third-order valence-electron chi connectivity index (χ3n) is 3.68. The monoisotopic (exact) mass is 310 g/mol. The van der Waals surface area contributed by atoms with Crippen LogP contribution in [-0.4, -0.2) is 36.3 Å². The molecule has 0 aliphatic heterocycles. The SMILES string of the molecule is CCN(CCc1ccccc1)C(=O)CNC(=O)c1ccccc1. The van der Waals surface area contributed by atoms with E-state index in [0.717, 1.165) is 6.42 Å². The Morgan fingerprint density at radius 2 is 1.57 bits per heavy atom. The van der Waals surface area contributed by atoms with Gasteiger partial charge in [0.1, 0.15) is 0 Å². The highest BCUT2D eigenvalue weighted by Crippen LogP contribution is 2.02. The van der Waals surface area contributed by atoms with Crippen LogP contribution in [0.3, 0.4) is 0 Å². The lowest BCUT2D eigenvalue weighted by Gasteiger charge is -2.21. The lowest BCUT2D eigenvalue weighted by Crippen LogP contribution is -2.41. The van der Waals surface area contributed by atoms with Crippen molar-refractivity contribution >= 4 is 11.8 Å². The molecule has 2 amide bonds. The highest BCUT2D eigenvalue weighted by molar-refractivity contribution is 5.96. The highest BCUT2D eigenvalue weighted by atomic mass is 16.2. The Bertz CT molecular complexity index is 626. The van der Waals surface area contributed by atoms with Gasteiger partial charge < -0.3 is 10.2 Å². The average Bonchev–Trinajstić information content (AvgIpc) is 2.61. The molecule has 0 unspecified atom stereocenters. The number of likely N-dealkylation sites (N-methyl/N-ethyl adjacent to an activating group) is 1. The second-order valence-corrected chi connectivity index (χ2v) is 5.26. The summed E-state index contributed by atoms with van der Waals surface area (Å²) in [6, 6.07) is 19.0. The van der Waals surface area contributed by atoms with Gasteiger partial charge in [-0.25, -0.2) is 0 Å². The Hall–Kier alpha value is -2.62. The van der Waals surface area contributed by atoms with Crippen LogP contribution >= 0.6 is 0 Å². The number of hydrogen-bond acceptors (Lipinski definition) is 2. The maximum Gasteiger partial charge on any atom is 0.251 e. The van der Waals surface area contributed by atoms with E-state index in [1.54, 1.807) is 29.2 Å². The van der Waals surface area contributed by atoms with Crippen molar-refractivity contribution in [1.29, 1.82) is 0 Å². The molecule has 0 aliphatic rings. The van der Waals surface area contributed by atoms with E-state index in [9.17, 15) is 9.59 Å². The molecule has 23 heavy (non-hydrogen) atoms. The molecule has 0 radical (unpaired) electrons. The summed E-state index contributed by atoms with van der Waals surface area (Å²) in [5.41, 5.74) is 1.76. The number of carbonyl (C=O) groups is 2. The molecule has 2 rings (SSSR count). The first kappa shape index (κ1) is 16.7. The van der Waals surface area contributed by atoms with Crippen LogP contribution in [0.25, 0.3) is 0 Å². The summed E-state index contributed by atoms with van der Waals surface area (Å²) in [6.45, 7) is 3.26. The fourth-order valence-electron chi connectivity index (χ4n) is 2.33. The van der Waals surface area contributed by atoms with Crippen molar-refractivity contribution < 1.29 is 9.59 Å². The molecule has 0 atom stereocenters. The molecule has 0 saturated carbocycles. The van der Waals surface area contributed by atoms with Crippen LogP contribution in [0, 0.1) is 0 Å². The summed E-state index contributed by atoms with van der Waals surface area (Å²) in [4.78, 5) is 26.0. The summed E-state index contributed by atoms with van der Waals surface area (Å²) < 4.78 is 0. The fourth-order valence-corrected chi connectivity index (χ4v) is 2.33. The molecule has 2 aromatic carbocycles. The van der Waals surface area contributed by atoms with Crippen LogP contribution < -0.4 is 5.32 Å². The van der Waals surface area contributed by atoms with E-state index in [4.69, 9.17) is 0 Å². The molecule has 4 nitrogen and oxygen atoms in total. The Balaban J connectivity index is 1.81. The number of amides is 2. The molecule has 0 saturated heterocycles. The molecule has 0 bridgehead atoms. The van der Waals surface area contributed by atoms with Crippen LogP contribution in [-0.2, 0) is 11.2 Å². The van der Waals surface area contributed by atoms with Crippen LogP contribution in [0.5, 0.6) is 0 Å². The summed E-state index contributed by atoms with van der Waals surface area (Å²) in [7, 11) is 0. The van der Waals surface area contributed by atoms with Gasteiger partial charge >= 0.3 is 0 Å². The van der Waals surface area contributed by atoms with E-state index in [1.807, 2.05) is 31.2 Å². The van der Waals surface area contributed by atoms with Gasteiger partial charge in [-0.05, 0) is 31.0 Å². The van der Waals surface area contributed by atoms with E-state index in [0.29, 0.717) is 18.7 Å². The summed E-state index contributed by atoms with van der Waals surface area (Å²) >= 11 is 0. The Morgan fingerprint density at radius 1 is 0.957 bits per heavy atom. The quantitative estimate of drug-likeness (QED) is 0.854. The molecular formula is C19H22N2O2. The van der Waals surface area contributed by atoms with Crippen molar-refractivity contribution in [2.45, 2.75) is 13.3 Å². The maximum absolute atomic E-state index is 12.2. The van der Waals surface area contributed by atoms with Gasteiger partial charge in [0, 0.05) is 18.7 Å². The third kappa shape index (κ3) is 5.25. The summed E-state index contributed by atoms with van der Waals surface area (Å²) in [5, 5.41) is 2.68. The zero-order valence-electron chi connectivity index (χ0n) is 13.4. The second-order valence-electron chi connectivity index (χ2n) is 5.26. The molecule has 0 spiro atoms. The van der Waals surface area contributed by atoms with Crippen LogP contribution in [0.4, 0.5) is 0 Å². The number of hydrogen-bond donors (Lipinski definition) is 1. The Labute approximate surface area is 137 Å². The summed E-state index contributed by atoms with van der Waals surface area (Å²) in [6.07, 6.45) is 0.813. The minimum absolute atomic E-state index is 0.0242. The molecule has 120 valence electrons. The molecule has 4 heteroatoms. The number of nitrogens with one attached hydrogen (secondary N) is 1. The molecule has 0 aliphatic carbocycles. The van der Waals surface area contributed by atoms with Gasteiger partial charge in [-0.1, -0.05) is 48.5 Å². The van der Waals surface area contributed by atoms with Gasteiger partial charge in [-0.15, -0.1) is 0 Å². The van der Waals surface area contributed by atoms with Crippen molar-refractivity contribution in [1.82, 2.24) is 10.2 Å². The minimum Gasteiger partial charge on any atom is -0.343 e. The first-order valence-electron chi connectivity index (χ1n) is 7.85. The molecular weight excluding hydrogens is 288 g/mol. The van der Waals surface area contributed by atoms with E-state index >= 15 is 0 Å². The molecule has 0 fully saturated rings. The maximum atomic E-state index is 12.2. The highest BCUT2D eigenvalue weighted by Gasteiger charge is 2.13. The van der Waals surface area contributed by atoms with Gasteiger partial charge in [0.25, 0.3) is 5.91 Å². The van der Waals surface area contributed by atoms with Crippen LogP contribution in [0.1, 0.15) is 22.8 Å². The number of benzene rings is 2. The van der Waals surface area contributed by atoms with Crippen molar-refractivity contribution in [3.05, 3.63) is 71.8 Å². The number of carbonyl (C=O) groups excluding carboxylic acids is 2. The Kier molecular flexibility index (Phi) is 6.36. The average molecular weight is 310 g/mol. The van der Waals surface area contributed by atoms with E-state index in [1.165, 1.54) is 5.56 Å². The molecule has 1 N–H and O–H groups in total. The van der Waals surface area contributed by atoms with Gasteiger partial charge in [-0.2, -0.15) is 0 Å². The predicted octanol–water partition coefficient (Wildman–Crippen LogP) is 2.51. The smallest absolute Gasteiger partial charge is 0.251 e. The number of rotatable bonds is 7. The minimum atomic E-state index is -0.224.